The predicted octanol–water partition coefficient (Wildman–Crippen LogP) is 1.75. The second-order valence-electron chi connectivity index (χ2n) is 4.16. The van der Waals surface area contributed by atoms with Crippen molar-refractivity contribution >= 4 is 17.6 Å². The van der Waals surface area contributed by atoms with Crippen LogP contribution in [0.2, 0.25) is 0 Å². The molecule has 5 nitrogen and oxygen atoms in total. The number of hydrogen-bond acceptors (Lipinski definition) is 3. The number of benzene rings is 1. The number of anilines is 1. The summed E-state index contributed by atoms with van der Waals surface area (Å²) < 4.78 is 5.24. The van der Waals surface area contributed by atoms with Gasteiger partial charge < -0.3 is 14.7 Å². The predicted molar refractivity (Wildman–Crippen MR) is 68.1 cm³/mol. The Labute approximate surface area is 106 Å². The average Bonchev–Trinajstić information content (AvgIpc) is 2.26. The number of aryl methyl sites for hydroxylation is 2. The zero-order valence-electron chi connectivity index (χ0n) is 11.0. The maximum Gasteiger partial charge on any atom is 0.312 e. The fraction of sp³-hybridized carbons (Fsp3) is 0.385. The van der Waals surface area contributed by atoms with Crippen LogP contribution in [0.15, 0.2) is 12.1 Å². The summed E-state index contributed by atoms with van der Waals surface area (Å²) in [6.45, 7) is 3.79. The van der Waals surface area contributed by atoms with E-state index < -0.39 is 18.3 Å². The average molecular weight is 251 g/mol. The third-order valence-electron chi connectivity index (χ3n) is 2.64. The number of carbonyl (C=O) groups excluding carboxylic acids is 1. The first-order valence-electron chi connectivity index (χ1n) is 5.50. The van der Waals surface area contributed by atoms with Crippen LogP contribution in [0.1, 0.15) is 17.5 Å². The number of ether oxygens (including phenoxy) is 1. The van der Waals surface area contributed by atoms with E-state index in [0.717, 1.165) is 11.1 Å². The molecule has 5 heteroatoms. The largest absolute Gasteiger partial charge is 0.495 e. The van der Waals surface area contributed by atoms with Gasteiger partial charge in [0.25, 0.3) is 0 Å². The molecule has 0 bridgehead atoms. The monoisotopic (exact) mass is 251 g/mol. The minimum atomic E-state index is -1.14. The van der Waals surface area contributed by atoms with Crippen molar-refractivity contribution in [2.75, 3.05) is 19.1 Å². The number of hydrogen-bond donors (Lipinski definition) is 1. The van der Waals surface area contributed by atoms with Gasteiger partial charge >= 0.3 is 5.97 Å². The van der Waals surface area contributed by atoms with E-state index in [1.165, 1.54) is 12.0 Å². The standard InChI is InChI=1S/C13H17NO4/c1-8-5-9(2)13(10(6-8)18-4)14(3)11(15)7-12(16)17/h5-6H,7H2,1-4H3,(H,16,17). The molecule has 0 spiro atoms. The normalized spacial score (nSPS) is 10.0. The Kier molecular flexibility index (Phi) is 4.31. The summed E-state index contributed by atoms with van der Waals surface area (Å²) in [5.41, 5.74) is 2.50. The zero-order valence-corrected chi connectivity index (χ0v) is 11.0. The maximum absolute atomic E-state index is 11.7. The summed E-state index contributed by atoms with van der Waals surface area (Å²) in [6, 6.07) is 3.73. The molecule has 0 aromatic heterocycles. The third kappa shape index (κ3) is 3.00. The van der Waals surface area contributed by atoms with E-state index in [1.54, 1.807) is 7.05 Å². The van der Waals surface area contributed by atoms with Crippen LogP contribution in [-0.4, -0.2) is 31.1 Å². The second kappa shape index (κ2) is 5.53. The van der Waals surface area contributed by atoms with Gasteiger partial charge in [-0.3, -0.25) is 9.59 Å². The van der Waals surface area contributed by atoms with Crippen LogP contribution in [0.25, 0.3) is 0 Å². The number of carboxylic acid groups (broad SMARTS) is 1. The molecule has 98 valence electrons. The number of methoxy groups -OCH3 is 1. The molecule has 0 unspecified atom stereocenters. The van der Waals surface area contributed by atoms with Gasteiger partial charge in [0, 0.05) is 7.05 Å². The Morgan fingerprint density at radius 3 is 2.44 bits per heavy atom. The van der Waals surface area contributed by atoms with Crippen molar-refractivity contribution in [3.63, 3.8) is 0 Å². The van der Waals surface area contributed by atoms with Gasteiger partial charge in [-0.15, -0.1) is 0 Å². The Morgan fingerprint density at radius 1 is 1.33 bits per heavy atom. The molecule has 0 saturated heterocycles. The van der Waals surface area contributed by atoms with Gasteiger partial charge in [0.2, 0.25) is 5.91 Å². The van der Waals surface area contributed by atoms with E-state index in [2.05, 4.69) is 0 Å². The maximum atomic E-state index is 11.7. The van der Waals surface area contributed by atoms with Crippen molar-refractivity contribution < 1.29 is 19.4 Å². The molecule has 0 aliphatic carbocycles. The lowest BCUT2D eigenvalue weighted by atomic mass is 10.1. The molecule has 0 saturated carbocycles. The van der Waals surface area contributed by atoms with E-state index in [0.29, 0.717) is 11.4 Å². The highest BCUT2D eigenvalue weighted by Gasteiger charge is 2.20. The van der Waals surface area contributed by atoms with Gasteiger partial charge in [-0.2, -0.15) is 0 Å². The van der Waals surface area contributed by atoms with E-state index >= 15 is 0 Å². The van der Waals surface area contributed by atoms with Crippen LogP contribution in [0.5, 0.6) is 5.75 Å². The molecule has 1 aromatic carbocycles. The van der Waals surface area contributed by atoms with Gasteiger partial charge in [0.1, 0.15) is 12.2 Å². The zero-order chi connectivity index (χ0) is 13.9. The van der Waals surface area contributed by atoms with Crippen LogP contribution in [0.3, 0.4) is 0 Å². The Morgan fingerprint density at radius 2 is 1.94 bits per heavy atom. The van der Waals surface area contributed by atoms with E-state index in [4.69, 9.17) is 9.84 Å². The number of carbonyl (C=O) groups is 2. The number of aliphatic carboxylic acids is 1. The Balaban J connectivity index is 3.15. The molecule has 0 atom stereocenters. The molecule has 18 heavy (non-hydrogen) atoms. The van der Waals surface area contributed by atoms with Crippen LogP contribution in [0.4, 0.5) is 5.69 Å². The fourth-order valence-electron chi connectivity index (χ4n) is 1.88. The number of carboxylic acids is 1. The van der Waals surface area contributed by atoms with Gasteiger partial charge in [-0.1, -0.05) is 6.07 Å². The smallest absolute Gasteiger partial charge is 0.312 e. The van der Waals surface area contributed by atoms with Gasteiger partial charge in [0.05, 0.1) is 12.8 Å². The lowest BCUT2D eigenvalue weighted by molar-refractivity contribution is -0.140. The highest BCUT2D eigenvalue weighted by Crippen LogP contribution is 2.32. The highest BCUT2D eigenvalue weighted by atomic mass is 16.5. The lowest BCUT2D eigenvalue weighted by Crippen LogP contribution is -2.29. The minimum absolute atomic E-state index is 0.479. The van der Waals surface area contributed by atoms with E-state index in [1.807, 2.05) is 26.0 Å². The quantitative estimate of drug-likeness (QED) is 0.828. The third-order valence-corrected chi connectivity index (χ3v) is 2.64. The molecule has 0 radical (unpaired) electrons. The molecule has 1 N–H and O–H groups in total. The molecule has 1 amide bonds. The summed E-state index contributed by atoms with van der Waals surface area (Å²) in [4.78, 5) is 23.6. The van der Waals surface area contributed by atoms with Crippen molar-refractivity contribution in [2.24, 2.45) is 0 Å². The SMILES string of the molecule is COc1cc(C)cc(C)c1N(C)C(=O)CC(=O)O. The molecule has 0 aliphatic rings. The summed E-state index contributed by atoms with van der Waals surface area (Å²) >= 11 is 0. The number of amides is 1. The number of rotatable bonds is 4. The second-order valence-corrected chi connectivity index (χ2v) is 4.16. The summed E-state index contributed by atoms with van der Waals surface area (Å²) in [7, 11) is 3.07. The molecule has 1 aromatic rings. The molecular formula is C13H17NO4. The topological polar surface area (TPSA) is 66.8 Å². The van der Waals surface area contributed by atoms with Gasteiger partial charge in [-0.05, 0) is 31.0 Å². The van der Waals surface area contributed by atoms with Crippen LogP contribution < -0.4 is 9.64 Å². The molecular weight excluding hydrogens is 234 g/mol. The summed E-state index contributed by atoms with van der Waals surface area (Å²) in [5, 5.41) is 8.64. The van der Waals surface area contributed by atoms with Crippen molar-refractivity contribution in [3.8, 4) is 5.75 Å². The van der Waals surface area contributed by atoms with Gasteiger partial charge in [-0.25, -0.2) is 0 Å². The van der Waals surface area contributed by atoms with Crippen molar-refractivity contribution in [3.05, 3.63) is 23.3 Å². The fourth-order valence-corrected chi connectivity index (χ4v) is 1.88. The van der Waals surface area contributed by atoms with E-state index in [-0.39, 0.29) is 0 Å². The Hall–Kier alpha value is -2.04. The number of nitrogens with zero attached hydrogens (tertiary/aromatic N) is 1. The first-order valence-corrected chi connectivity index (χ1v) is 5.50. The molecule has 0 aliphatic heterocycles. The summed E-state index contributed by atoms with van der Waals surface area (Å²) in [6.07, 6.45) is -0.535. The van der Waals surface area contributed by atoms with Crippen molar-refractivity contribution in [1.82, 2.24) is 0 Å². The van der Waals surface area contributed by atoms with Crippen LogP contribution in [-0.2, 0) is 9.59 Å². The lowest BCUT2D eigenvalue weighted by Gasteiger charge is -2.22. The first-order chi connectivity index (χ1) is 8.36. The van der Waals surface area contributed by atoms with Crippen LogP contribution in [0, 0.1) is 13.8 Å². The van der Waals surface area contributed by atoms with Crippen molar-refractivity contribution in [1.29, 1.82) is 0 Å². The highest BCUT2D eigenvalue weighted by molar-refractivity contribution is 6.03. The summed E-state index contributed by atoms with van der Waals surface area (Å²) in [5.74, 6) is -1.06. The Bertz CT molecular complexity index is 482. The minimum Gasteiger partial charge on any atom is -0.495 e. The van der Waals surface area contributed by atoms with E-state index in [9.17, 15) is 9.59 Å². The first kappa shape index (κ1) is 14.0. The van der Waals surface area contributed by atoms with Gasteiger partial charge in [0.15, 0.2) is 0 Å². The molecule has 1 rings (SSSR count). The molecule has 0 heterocycles. The molecule has 0 fully saturated rings. The van der Waals surface area contributed by atoms with Crippen molar-refractivity contribution in [2.45, 2.75) is 20.3 Å². The van der Waals surface area contributed by atoms with Crippen LogP contribution >= 0.6 is 0 Å².